The van der Waals surface area contributed by atoms with Gasteiger partial charge in [-0.05, 0) is 24.6 Å². The molecule has 20 heavy (non-hydrogen) atoms. The lowest BCUT2D eigenvalue weighted by atomic mass is 10.2. The van der Waals surface area contributed by atoms with Gasteiger partial charge in [-0.3, -0.25) is 10.1 Å². The second kappa shape index (κ2) is 6.56. The Morgan fingerprint density at radius 1 is 1.20 bits per heavy atom. The van der Waals surface area contributed by atoms with Crippen molar-refractivity contribution in [1.29, 1.82) is 0 Å². The van der Waals surface area contributed by atoms with Crippen molar-refractivity contribution < 1.29 is 9.66 Å². The number of para-hydroxylation sites is 1. The lowest BCUT2D eigenvalue weighted by molar-refractivity contribution is -0.384. The SMILES string of the molecule is CCCOc1cc([N+](=O)[O-])ccc1Nc1ccccc1. The molecule has 0 aliphatic rings. The van der Waals surface area contributed by atoms with E-state index < -0.39 is 4.92 Å². The van der Waals surface area contributed by atoms with Gasteiger partial charge in [0.1, 0.15) is 5.75 Å². The van der Waals surface area contributed by atoms with Gasteiger partial charge in [0.25, 0.3) is 5.69 Å². The molecule has 0 aliphatic heterocycles. The lowest BCUT2D eigenvalue weighted by Gasteiger charge is -2.12. The Morgan fingerprint density at radius 3 is 2.60 bits per heavy atom. The number of anilines is 2. The molecule has 0 atom stereocenters. The largest absolute Gasteiger partial charge is 0.491 e. The highest BCUT2D eigenvalue weighted by Crippen LogP contribution is 2.31. The van der Waals surface area contributed by atoms with Gasteiger partial charge >= 0.3 is 0 Å². The number of nitro benzene ring substituents is 1. The van der Waals surface area contributed by atoms with Crippen LogP contribution in [0.15, 0.2) is 48.5 Å². The van der Waals surface area contributed by atoms with Gasteiger partial charge in [0.05, 0.1) is 23.3 Å². The zero-order valence-corrected chi connectivity index (χ0v) is 11.2. The van der Waals surface area contributed by atoms with Crippen molar-refractivity contribution in [3.63, 3.8) is 0 Å². The molecule has 2 rings (SSSR count). The Balaban J connectivity index is 2.28. The number of nitrogens with zero attached hydrogens (tertiary/aromatic N) is 1. The first-order valence-electron chi connectivity index (χ1n) is 6.44. The molecule has 0 radical (unpaired) electrons. The van der Waals surface area contributed by atoms with Crippen molar-refractivity contribution in [1.82, 2.24) is 0 Å². The maximum atomic E-state index is 10.8. The van der Waals surface area contributed by atoms with Crippen molar-refractivity contribution in [2.75, 3.05) is 11.9 Å². The predicted octanol–water partition coefficient (Wildman–Crippen LogP) is 4.13. The van der Waals surface area contributed by atoms with E-state index in [9.17, 15) is 10.1 Å². The number of rotatable bonds is 6. The van der Waals surface area contributed by atoms with E-state index >= 15 is 0 Å². The number of benzene rings is 2. The van der Waals surface area contributed by atoms with E-state index in [0.717, 1.165) is 17.8 Å². The monoisotopic (exact) mass is 272 g/mol. The van der Waals surface area contributed by atoms with E-state index in [1.165, 1.54) is 12.1 Å². The Hall–Kier alpha value is -2.56. The van der Waals surface area contributed by atoms with Crippen LogP contribution in [0, 0.1) is 10.1 Å². The molecule has 0 aromatic heterocycles. The average Bonchev–Trinajstić information content (AvgIpc) is 2.47. The molecule has 1 N–H and O–H groups in total. The molecule has 0 amide bonds. The summed E-state index contributed by atoms with van der Waals surface area (Å²) < 4.78 is 5.58. The van der Waals surface area contributed by atoms with Gasteiger partial charge in [-0.15, -0.1) is 0 Å². The zero-order chi connectivity index (χ0) is 14.4. The van der Waals surface area contributed by atoms with Crippen molar-refractivity contribution in [2.24, 2.45) is 0 Å². The van der Waals surface area contributed by atoms with Gasteiger partial charge in [-0.2, -0.15) is 0 Å². The highest BCUT2D eigenvalue weighted by Gasteiger charge is 2.12. The van der Waals surface area contributed by atoms with Gasteiger partial charge in [0, 0.05) is 11.8 Å². The van der Waals surface area contributed by atoms with Gasteiger partial charge in [-0.25, -0.2) is 0 Å². The van der Waals surface area contributed by atoms with Gasteiger partial charge in [-0.1, -0.05) is 25.1 Å². The number of non-ortho nitro benzene ring substituents is 1. The third-order valence-electron chi connectivity index (χ3n) is 2.69. The summed E-state index contributed by atoms with van der Waals surface area (Å²) in [6.45, 7) is 2.51. The highest BCUT2D eigenvalue weighted by molar-refractivity contribution is 5.68. The first kappa shape index (κ1) is 13.9. The fourth-order valence-electron chi connectivity index (χ4n) is 1.74. The number of nitro groups is 1. The summed E-state index contributed by atoms with van der Waals surface area (Å²) in [4.78, 5) is 10.4. The molecule has 2 aromatic rings. The smallest absolute Gasteiger partial charge is 0.273 e. The van der Waals surface area contributed by atoms with E-state index in [1.807, 2.05) is 37.3 Å². The Morgan fingerprint density at radius 2 is 1.95 bits per heavy atom. The molecule has 0 saturated heterocycles. The van der Waals surface area contributed by atoms with E-state index in [1.54, 1.807) is 6.07 Å². The van der Waals surface area contributed by atoms with E-state index in [-0.39, 0.29) is 5.69 Å². The Kier molecular flexibility index (Phi) is 4.55. The molecule has 0 aliphatic carbocycles. The van der Waals surface area contributed by atoms with Crippen molar-refractivity contribution in [3.8, 4) is 5.75 Å². The minimum absolute atomic E-state index is 0.0229. The standard InChI is InChI=1S/C15H16N2O3/c1-2-10-20-15-11-13(17(18)19)8-9-14(15)16-12-6-4-3-5-7-12/h3-9,11,16H,2,10H2,1H3. The summed E-state index contributed by atoms with van der Waals surface area (Å²) in [5.41, 5.74) is 1.65. The van der Waals surface area contributed by atoms with Crippen LogP contribution < -0.4 is 10.1 Å². The molecular weight excluding hydrogens is 256 g/mol. The molecule has 0 bridgehead atoms. The summed E-state index contributed by atoms with van der Waals surface area (Å²) in [5, 5.41) is 14.0. The van der Waals surface area contributed by atoms with Gasteiger partial charge < -0.3 is 10.1 Å². The van der Waals surface area contributed by atoms with Crippen molar-refractivity contribution in [3.05, 3.63) is 58.6 Å². The summed E-state index contributed by atoms with van der Waals surface area (Å²) >= 11 is 0. The van der Waals surface area contributed by atoms with Crippen LogP contribution in [0.25, 0.3) is 0 Å². The van der Waals surface area contributed by atoms with Crippen LogP contribution in [-0.4, -0.2) is 11.5 Å². The molecule has 104 valence electrons. The summed E-state index contributed by atoms with van der Waals surface area (Å²) in [6, 6.07) is 14.2. The number of ether oxygens (including phenoxy) is 1. The molecule has 0 saturated carbocycles. The fourth-order valence-corrected chi connectivity index (χ4v) is 1.74. The second-order valence-electron chi connectivity index (χ2n) is 4.28. The summed E-state index contributed by atoms with van der Waals surface area (Å²) in [6.07, 6.45) is 0.841. The summed E-state index contributed by atoms with van der Waals surface area (Å²) in [5.74, 6) is 0.491. The molecule has 5 nitrogen and oxygen atoms in total. The molecule has 0 heterocycles. The molecule has 0 unspecified atom stereocenters. The number of hydrogen-bond donors (Lipinski definition) is 1. The van der Waals surface area contributed by atoms with Crippen LogP contribution in [0.5, 0.6) is 5.75 Å². The van der Waals surface area contributed by atoms with Crippen LogP contribution in [0.1, 0.15) is 13.3 Å². The number of hydrogen-bond acceptors (Lipinski definition) is 4. The molecule has 2 aromatic carbocycles. The molecule has 0 spiro atoms. The highest BCUT2D eigenvalue weighted by atomic mass is 16.6. The minimum Gasteiger partial charge on any atom is -0.491 e. The number of nitrogens with one attached hydrogen (secondary N) is 1. The minimum atomic E-state index is -0.425. The maximum absolute atomic E-state index is 10.8. The molecule has 0 fully saturated rings. The normalized spacial score (nSPS) is 10.1. The topological polar surface area (TPSA) is 64.4 Å². The van der Waals surface area contributed by atoms with Gasteiger partial charge in [0.2, 0.25) is 0 Å². The third-order valence-corrected chi connectivity index (χ3v) is 2.69. The first-order chi connectivity index (χ1) is 9.70. The van der Waals surface area contributed by atoms with Gasteiger partial charge in [0.15, 0.2) is 0 Å². The predicted molar refractivity (Wildman–Crippen MR) is 78.6 cm³/mol. The average molecular weight is 272 g/mol. The van der Waals surface area contributed by atoms with E-state index in [2.05, 4.69) is 5.32 Å². The third kappa shape index (κ3) is 3.47. The first-order valence-corrected chi connectivity index (χ1v) is 6.44. The molecule has 5 heteroatoms. The second-order valence-corrected chi connectivity index (χ2v) is 4.28. The Bertz CT molecular complexity index is 585. The zero-order valence-electron chi connectivity index (χ0n) is 11.2. The summed E-state index contributed by atoms with van der Waals surface area (Å²) in [7, 11) is 0. The van der Waals surface area contributed by atoms with Crippen LogP contribution >= 0.6 is 0 Å². The maximum Gasteiger partial charge on any atom is 0.273 e. The molecular formula is C15H16N2O3. The Labute approximate surface area is 117 Å². The van der Waals surface area contributed by atoms with Crippen LogP contribution in [0.3, 0.4) is 0 Å². The van der Waals surface area contributed by atoms with Crippen LogP contribution in [0.4, 0.5) is 17.1 Å². The fraction of sp³-hybridized carbons (Fsp3) is 0.200. The van der Waals surface area contributed by atoms with Crippen molar-refractivity contribution in [2.45, 2.75) is 13.3 Å². The van der Waals surface area contributed by atoms with E-state index in [4.69, 9.17) is 4.74 Å². The van der Waals surface area contributed by atoms with Crippen molar-refractivity contribution >= 4 is 17.1 Å². The van der Waals surface area contributed by atoms with Crippen LogP contribution in [0.2, 0.25) is 0 Å². The van der Waals surface area contributed by atoms with E-state index in [0.29, 0.717) is 12.4 Å². The lowest BCUT2D eigenvalue weighted by Crippen LogP contribution is -2.00. The quantitative estimate of drug-likeness (QED) is 0.634. The van der Waals surface area contributed by atoms with Crippen LogP contribution in [-0.2, 0) is 0 Å².